The quantitative estimate of drug-likeness (QED) is 0.891. The minimum absolute atomic E-state index is 0.297. The zero-order chi connectivity index (χ0) is 13.8. The van der Waals surface area contributed by atoms with E-state index in [1.54, 1.807) is 38.4 Å². The van der Waals surface area contributed by atoms with E-state index in [1.807, 2.05) is 0 Å². The SMILES string of the molecule is CNc1ccc(C(=O)Nc2ccc(F)c(C)c2)nc1. The van der Waals surface area contributed by atoms with E-state index < -0.39 is 0 Å². The summed E-state index contributed by atoms with van der Waals surface area (Å²) in [7, 11) is 1.78. The summed E-state index contributed by atoms with van der Waals surface area (Å²) in [5.74, 6) is -0.622. The monoisotopic (exact) mass is 259 g/mol. The third-order valence-corrected chi connectivity index (χ3v) is 2.70. The molecule has 1 amide bonds. The topological polar surface area (TPSA) is 54.0 Å². The van der Waals surface area contributed by atoms with E-state index in [9.17, 15) is 9.18 Å². The summed E-state index contributed by atoms with van der Waals surface area (Å²) in [6.07, 6.45) is 1.57. The number of anilines is 2. The second-order valence-corrected chi connectivity index (χ2v) is 4.10. The molecule has 2 N–H and O–H groups in total. The van der Waals surface area contributed by atoms with Crippen LogP contribution in [0.25, 0.3) is 0 Å². The van der Waals surface area contributed by atoms with Gasteiger partial charge in [-0.1, -0.05) is 0 Å². The molecule has 0 radical (unpaired) electrons. The normalized spacial score (nSPS) is 10.1. The third kappa shape index (κ3) is 3.07. The lowest BCUT2D eigenvalue weighted by atomic mass is 10.2. The molecule has 19 heavy (non-hydrogen) atoms. The molecule has 1 heterocycles. The molecule has 1 aromatic carbocycles. The molecule has 2 rings (SSSR count). The Balaban J connectivity index is 2.13. The highest BCUT2D eigenvalue weighted by molar-refractivity contribution is 6.02. The fraction of sp³-hybridized carbons (Fsp3) is 0.143. The standard InChI is InChI=1S/C14H14FN3O/c1-9-7-10(3-5-12(9)15)18-14(19)13-6-4-11(16-2)8-17-13/h3-8,16H,1-2H3,(H,18,19). The van der Waals surface area contributed by atoms with Gasteiger partial charge in [-0.2, -0.15) is 0 Å². The van der Waals surface area contributed by atoms with Gasteiger partial charge in [-0.05, 0) is 42.8 Å². The number of nitrogens with one attached hydrogen (secondary N) is 2. The number of halogens is 1. The Morgan fingerprint density at radius 1 is 1.21 bits per heavy atom. The minimum Gasteiger partial charge on any atom is -0.387 e. The highest BCUT2D eigenvalue weighted by atomic mass is 19.1. The van der Waals surface area contributed by atoms with E-state index in [4.69, 9.17) is 0 Å². The molecule has 2 aromatic rings. The number of rotatable bonds is 3. The summed E-state index contributed by atoms with van der Waals surface area (Å²) in [5, 5.41) is 5.60. The fourth-order valence-corrected chi connectivity index (χ4v) is 1.59. The molecule has 0 aliphatic rings. The van der Waals surface area contributed by atoms with Crippen molar-refractivity contribution in [3.63, 3.8) is 0 Å². The van der Waals surface area contributed by atoms with Gasteiger partial charge in [0.05, 0.1) is 11.9 Å². The number of nitrogens with zero attached hydrogens (tertiary/aromatic N) is 1. The van der Waals surface area contributed by atoms with E-state index in [1.165, 1.54) is 12.1 Å². The van der Waals surface area contributed by atoms with Gasteiger partial charge in [0.25, 0.3) is 5.91 Å². The molecule has 1 aromatic heterocycles. The number of pyridine rings is 1. The molecule has 98 valence electrons. The summed E-state index contributed by atoms with van der Waals surface area (Å²) < 4.78 is 13.1. The Bertz CT molecular complexity index is 596. The first kappa shape index (κ1) is 13.0. The average Bonchev–Trinajstić information content (AvgIpc) is 2.43. The summed E-state index contributed by atoms with van der Waals surface area (Å²) in [6.45, 7) is 1.64. The number of amides is 1. The molecule has 0 atom stereocenters. The van der Waals surface area contributed by atoms with Crippen LogP contribution >= 0.6 is 0 Å². The Morgan fingerprint density at radius 3 is 2.53 bits per heavy atom. The average molecular weight is 259 g/mol. The first-order valence-electron chi connectivity index (χ1n) is 5.81. The first-order valence-corrected chi connectivity index (χ1v) is 5.81. The van der Waals surface area contributed by atoms with Crippen molar-refractivity contribution in [3.8, 4) is 0 Å². The summed E-state index contributed by atoms with van der Waals surface area (Å²) in [5.41, 5.74) is 2.16. The van der Waals surface area contributed by atoms with Gasteiger partial charge >= 0.3 is 0 Å². The lowest BCUT2D eigenvalue weighted by Crippen LogP contribution is -2.13. The van der Waals surface area contributed by atoms with E-state index in [0.717, 1.165) is 5.69 Å². The van der Waals surface area contributed by atoms with Crippen molar-refractivity contribution in [2.24, 2.45) is 0 Å². The molecular weight excluding hydrogens is 245 g/mol. The van der Waals surface area contributed by atoms with Gasteiger partial charge in [-0.3, -0.25) is 4.79 Å². The van der Waals surface area contributed by atoms with Crippen LogP contribution in [0.1, 0.15) is 16.1 Å². The fourth-order valence-electron chi connectivity index (χ4n) is 1.59. The molecule has 0 saturated heterocycles. The van der Waals surface area contributed by atoms with E-state index in [2.05, 4.69) is 15.6 Å². The van der Waals surface area contributed by atoms with Crippen LogP contribution in [-0.2, 0) is 0 Å². The lowest BCUT2D eigenvalue weighted by molar-refractivity contribution is 0.102. The maximum Gasteiger partial charge on any atom is 0.274 e. The van der Waals surface area contributed by atoms with Crippen LogP contribution in [-0.4, -0.2) is 17.9 Å². The van der Waals surface area contributed by atoms with Crippen molar-refractivity contribution in [2.75, 3.05) is 17.7 Å². The zero-order valence-corrected chi connectivity index (χ0v) is 10.7. The molecular formula is C14H14FN3O. The third-order valence-electron chi connectivity index (χ3n) is 2.70. The predicted molar refractivity (Wildman–Crippen MR) is 72.9 cm³/mol. The number of aromatic nitrogens is 1. The Morgan fingerprint density at radius 2 is 1.95 bits per heavy atom. The maximum absolute atomic E-state index is 13.1. The Hall–Kier alpha value is -2.43. The van der Waals surface area contributed by atoms with Crippen LogP contribution in [0.3, 0.4) is 0 Å². The molecule has 5 heteroatoms. The largest absolute Gasteiger partial charge is 0.387 e. The van der Waals surface area contributed by atoms with Gasteiger partial charge in [0.2, 0.25) is 0 Å². The molecule has 0 spiro atoms. The van der Waals surface area contributed by atoms with Gasteiger partial charge in [0.1, 0.15) is 11.5 Å². The van der Waals surface area contributed by atoms with Crippen LogP contribution in [0.4, 0.5) is 15.8 Å². The minimum atomic E-state index is -0.325. The summed E-state index contributed by atoms with van der Waals surface area (Å²) >= 11 is 0. The van der Waals surface area contributed by atoms with Crippen molar-refractivity contribution in [1.29, 1.82) is 0 Å². The zero-order valence-electron chi connectivity index (χ0n) is 10.7. The van der Waals surface area contributed by atoms with Crippen molar-refractivity contribution in [1.82, 2.24) is 4.98 Å². The van der Waals surface area contributed by atoms with Gasteiger partial charge in [0, 0.05) is 12.7 Å². The van der Waals surface area contributed by atoms with Crippen LogP contribution in [0.15, 0.2) is 36.5 Å². The number of carbonyl (C=O) groups is 1. The van der Waals surface area contributed by atoms with Crippen LogP contribution < -0.4 is 10.6 Å². The van der Waals surface area contributed by atoms with Crippen LogP contribution in [0.5, 0.6) is 0 Å². The molecule has 0 aliphatic heterocycles. The molecule has 0 aliphatic carbocycles. The van der Waals surface area contributed by atoms with Crippen molar-refractivity contribution >= 4 is 17.3 Å². The Kier molecular flexibility index (Phi) is 3.75. The molecule has 0 saturated carbocycles. The number of carbonyl (C=O) groups excluding carboxylic acids is 1. The number of benzene rings is 1. The predicted octanol–water partition coefficient (Wildman–Crippen LogP) is 2.82. The van der Waals surface area contributed by atoms with Crippen LogP contribution in [0.2, 0.25) is 0 Å². The van der Waals surface area contributed by atoms with E-state index >= 15 is 0 Å². The van der Waals surface area contributed by atoms with Gasteiger partial charge in [-0.15, -0.1) is 0 Å². The molecule has 4 nitrogen and oxygen atoms in total. The van der Waals surface area contributed by atoms with Gasteiger partial charge in [0.15, 0.2) is 0 Å². The lowest BCUT2D eigenvalue weighted by Gasteiger charge is -2.06. The van der Waals surface area contributed by atoms with E-state index in [-0.39, 0.29) is 11.7 Å². The molecule has 0 fully saturated rings. The highest BCUT2D eigenvalue weighted by Gasteiger charge is 2.08. The number of hydrogen-bond donors (Lipinski definition) is 2. The number of hydrogen-bond acceptors (Lipinski definition) is 3. The van der Waals surface area contributed by atoms with E-state index in [0.29, 0.717) is 16.9 Å². The second-order valence-electron chi connectivity index (χ2n) is 4.10. The van der Waals surface area contributed by atoms with Crippen molar-refractivity contribution in [3.05, 3.63) is 53.6 Å². The maximum atomic E-state index is 13.1. The van der Waals surface area contributed by atoms with Crippen LogP contribution in [0, 0.1) is 12.7 Å². The van der Waals surface area contributed by atoms with Crippen molar-refractivity contribution < 1.29 is 9.18 Å². The summed E-state index contributed by atoms with van der Waals surface area (Å²) in [4.78, 5) is 16.0. The smallest absolute Gasteiger partial charge is 0.274 e. The molecule has 0 unspecified atom stereocenters. The molecule has 0 bridgehead atoms. The Labute approximate surface area is 110 Å². The van der Waals surface area contributed by atoms with Crippen molar-refractivity contribution in [2.45, 2.75) is 6.92 Å². The summed E-state index contributed by atoms with van der Waals surface area (Å²) in [6, 6.07) is 7.80. The second kappa shape index (κ2) is 5.48. The van der Waals surface area contributed by atoms with Gasteiger partial charge in [-0.25, -0.2) is 9.37 Å². The van der Waals surface area contributed by atoms with Gasteiger partial charge < -0.3 is 10.6 Å². The first-order chi connectivity index (χ1) is 9.10. The highest BCUT2D eigenvalue weighted by Crippen LogP contribution is 2.14. The number of aryl methyl sites for hydroxylation is 1.